The summed E-state index contributed by atoms with van der Waals surface area (Å²) in [5.41, 5.74) is 2.68. The van der Waals surface area contributed by atoms with Gasteiger partial charge in [-0.2, -0.15) is 18.4 Å². The second-order valence-electron chi connectivity index (χ2n) is 12.4. The number of ether oxygens (including phenoxy) is 1. The van der Waals surface area contributed by atoms with Gasteiger partial charge >= 0.3 is 6.18 Å². The largest absolute Gasteiger partial charge is 0.394 e. The number of nitrogens with zero attached hydrogens (tertiary/aromatic N) is 5. The normalized spacial score (nSPS) is 18.0. The molecule has 1 saturated heterocycles. The van der Waals surface area contributed by atoms with E-state index in [1.807, 2.05) is 10.6 Å². The van der Waals surface area contributed by atoms with Gasteiger partial charge in [0.25, 0.3) is 0 Å². The highest BCUT2D eigenvalue weighted by Crippen LogP contribution is 2.33. The SMILES string of the molecule is N#Cc1cc2cc(CN3CCC(Nc4ncnc5sc(CC(F)(F)F)cc45)CC3)ccc2n1CC(CO)OCC1CCCCC1. The number of aliphatic hydroxyl groups excluding tert-OH is 1. The predicted octanol–water partition coefficient (Wildman–Crippen LogP) is 6.66. The van der Waals surface area contributed by atoms with Gasteiger partial charge in [0, 0.05) is 48.1 Å². The van der Waals surface area contributed by atoms with Gasteiger partial charge in [0.05, 0.1) is 31.1 Å². The molecule has 0 bridgehead atoms. The quantitative estimate of drug-likeness (QED) is 0.189. The van der Waals surface area contributed by atoms with E-state index < -0.39 is 12.6 Å². The Morgan fingerprint density at radius 3 is 2.62 bits per heavy atom. The van der Waals surface area contributed by atoms with Gasteiger partial charge < -0.3 is 19.7 Å². The monoisotopic (exact) mass is 640 g/mol. The lowest BCUT2D eigenvalue weighted by Crippen LogP contribution is -2.38. The molecule has 4 heterocycles. The molecular formula is C33H39F3N6O2S. The van der Waals surface area contributed by atoms with E-state index in [0.717, 1.165) is 60.3 Å². The summed E-state index contributed by atoms with van der Waals surface area (Å²) in [5, 5.41) is 25.0. The van der Waals surface area contributed by atoms with Crippen molar-refractivity contribution in [2.75, 3.05) is 31.6 Å². The van der Waals surface area contributed by atoms with E-state index in [1.54, 1.807) is 6.07 Å². The summed E-state index contributed by atoms with van der Waals surface area (Å²) in [4.78, 5) is 11.7. The zero-order valence-corrected chi connectivity index (χ0v) is 26.0. The minimum atomic E-state index is -4.26. The fraction of sp³-hybridized carbons (Fsp3) is 0.545. The molecular weight excluding hydrogens is 601 g/mol. The first-order valence-corrected chi connectivity index (χ1v) is 16.6. The third-order valence-corrected chi connectivity index (χ3v) is 10.1. The number of alkyl halides is 3. The van der Waals surface area contributed by atoms with Crippen LogP contribution in [0.1, 0.15) is 61.1 Å². The van der Waals surface area contributed by atoms with E-state index in [1.165, 1.54) is 38.4 Å². The Balaban J connectivity index is 1.05. The number of hydrogen-bond donors (Lipinski definition) is 2. The maximum atomic E-state index is 12.9. The van der Waals surface area contributed by atoms with Crippen LogP contribution < -0.4 is 5.32 Å². The van der Waals surface area contributed by atoms with Crippen LogP contribution in [0.5, 0.6) is 0 Å². The lowest BCUT2D eigenvalue weighted by molar-refractivity contribution is -0.126. The van der Waals surface area contributed by atoms with Gasteiger partial charge in [-0.25, -0.2) is 9.97 Å². The number of aromatic nitrogens is 3. The Morgan fingerprint density at radius 2 is 1.89 bits per heavy atom. The molecule has 45 heavy (non-hydrogen) atoms. The Morgan fingerprint density at radius 1 is 1.09 bits per heavy atom. The van der Waals surface area contributed by atoms with Gasteiger partial charge in [-0.3, -0.25) is 4.90 Å². The fourth-order valence-corrected chi connectivity index (χ4v) is 7.72. The van der Waals surface area contributed by atoms with Crippen LogP contribution in [0, 0.1) is 17.2 Å². The van der Waals surface area contributed by atoms with Crippen LogP contribution in [-0.4, -0.2) is 69.2 Å². The first kappa shape index (κ1) is 31.7. The minimum Gasteiger partial charge on any atom is -0.394 e. The van der Waals surface area contributed by atoms with Gasteiger partial charge in [0.2, 0.25) is 0 Å². The highest BCUT2D eigenvalue weighted by molar-refractivity contribution is 7.18. The van der Waals surface area contributed by atoms with Gasteiger partial charge in [-0.15, -0.1) is 11.3 Å². The topological polar surface area (TPSA) is 99.2 Å². The summed E-state index contributed by atoms with van der Waals surface area (Å²) in [7, 11) is 0. The summed E-state index contributed by atoms with van der Waals surface area (Å²) in [6.45, 7) is 3.52. The van der Waals surface area contributed by atoms with E-state index >= 15 is 0 Å². The van der Waals surface area contributed by atoms with Crippen molar-refractivity contribution in [3.63, 3.8) is 0 Å². The average molecular weight is 641 g/mol. The number of anilines is 1. The number of halogens is 3. The number of benzene rings is 1. The molecule has 0 amide bonds. The molecule has 1 atom stereocenters. The van der Waals surface area contributed by atoms with Crippen LogP contribution >= 0.6 is 11.3 Å². The number of fused-ring (bicyclic) bond motifs is 2. The maximum absolute atomic E-state index is 12.9. The van der Waals surface area contributed by atoms with Crippen LogP contribution in [0.25, 0.3) is 21.1 Å². The van der Waals surface area contributed by atoms with Gasteiger partial charge in [-0.05, 0) is 61.4 Å². The Kier molecular flexibility index (Phi) is 9.90. The standard InChI is InChI=1S/C33H39F3N6O2S/c34-33(35,36)15-28-14-29-31(38-21-39-32(29)45-28)40-25-8-10-41(11-9-25)17-23-6-7-30-24(12-23)13-26(16-37)42(30)18-27(19-43)44-20-22-4-2-1-3-5-22/h6-7,12-14,21-22,25,27,43H,1-5,8-11,15,17-20H2,(H,38,39,40). The molecule has 6 rings (SSSR count). The number of piperidine rings is 1. The fourth-order valence-electron chi connectivity index (χ4n) is 6.69. The average Bonchev–Trinajstić information content (AvgIpc) is 3.60. The Hall–Kier alpha value is -3.24. The zero-order chi connectivity index (χ0) is 31.4. The molecule has 2 aliphatic rings. The number of hydrogen-bond acceptors (Lipinski definition) is 8. The highest BCUT2D eigenvalue weighted by Gasteiger charge is 2.29. The first-order valence-electron chi connectivity index (χ1n) is 15.8. The van der Waals surface area contributed by atoms with E-state index in [-0.39, 0.29) is 23.6 Å². The smallest absolute Gasteiger partial charge is 0.393 e. The van der Waals surface area contributed by atoms with Crippen molar-refractivity contribution in [2.45, 2.75) is 82.8 Å². The molecule has 4 aromatic rings. The second kappa shape index (κ2) is 14.0. The van der Waals surface area contributed by atoms with Crippen LogP contribution in [0.3, 0.4) is 0 Å². The molecule has 0 radical (unpaired) electrons. The van der Waals surface area contributed by atoms with Crippen molar-refractivity contribution in [3.05, 3.63) is 52.8 Å². The molecule has 240 valence electrons. The molecule has 2 fully saturated rings. The van der Waals surface area contributed by atoms with E-state index in [9.17, 15) is 23.5 Å². The summed E-state index contributed by atoms with van der Waals surface area (Å²) in [5.74, 6) is 1.14. The minimum absolute atomic E-state index is 0.0887. The van der Waals surface area contributed by atoms with Gasteiger partial charge in [0.1, 0.15) is 28.7 Å². The van der Waals surface area contributed by atoms with Crippen LogP contribution in [-0.2, 0) is 24.2 Å². The molecule has 12 heteroatoms. The van der Waals surface area contributed by atoms with Crippen LogP contribution in [0.15, 0.2) is 36.7 Å². The van der Waals surface area contributed by atoms with Crippen LogP contribution in [0.2, 0.25) is 0 Å². The third kappa shape index (κ3) is 7.95. The van der Waals surface area contributed by atoms with E-state index in [4.69, 9.17) is 4.74 Å². The number of thiophene rings is 1. The number of rotatable bonds is 11. The Labute approximate surface area is 264 Å². The predicted molar refractivity (Wildman–Crippen MR) is 169 cm³/mol. The maximum Gasteiger partial charge on any atom is 0.393 e. The summed E-state index contributed by atoms with van der Waals surface area (Å²) in [6, 6.07) is 12.3. The van der Waals surface area contributed by atoms with E-state index in [2.05, 4.69) is 44.5 Å². The number of likely N-dealkylation sites (tertiary alicyclic amines) is 1. The summed E-state index contributed by atoms with van der Waals surface area (Å²) >= 11 is 1.06. The van der Waals surface area contributed by atoms with Crippen molar-refractivity contribution in [1.82, 2.24) is 19.4 Å². The van der Waals surface area contributed by atoms with Gasteiger partial charge in [0.15, 0.2) is 0 Å². The molecule has 2 N–H and O–H groups in total. The molecule has 1 unspecified atom stereocenters. The molecule has 0 spiro atoms. The van der Waals surface area contributed by atoms with Crippen LogP contribution in [0.4, 0.5) is 19.0 Å². The molecule has 1 aliphatic heterocycles. The molecule has 8 nitrogen and oxygen atoms in total. The lowest BCUT2D eigenvalue weighted by atomic mass is 9.90. The number of nitrogens with one attached hydrogen (secondary N) is 1. The van der Waals surface area contributed by atoms with Crippen molar-refractivity contribution >= 4 is 38.3 Å². The highest BCUT2D eigenvalue weighted by atomic mass is 32.1. The van der Waals surface area contributed by atoms with Gasteiger partial charge in [-0.1, -0.05) is 25.3 Å². The second-order valence-corrected chi connectivity index (χ2v) is 13.5. The molecule has 1 aromatic carbocycles. The number of aliphatic hydroxyl groups is 1. The van der Waals surface area contributed by atoms with Crippen molar-refractivity contribution in [1.29, 1.82) is 5.26 Å². The van der Waals surface area contributed by atoms with Crippen molar-refractivity contribution < 1.29 is 23.0 Å². The van der Waals surface area contributed by atoms with E-state index in [0.29, 0.717) is 40.8 Å². The Bertz CT molecular complexity index is 1630. The van der Waals surface area contributed by atoms with Crippen molar-refractivity contribution in [3.8, 4) is 6.07 Å². The molecule has 1 aliphatic carbocycles. The zero-order valence-electron chi connectivity index (χ0n) is 25.2. The molecule has 1 saturated carbocycles. The first-order chi connectivity index (χ1) is 21.8. The summed E-state index contributed by atoms with van der Waals surface area (Å²) < 4.78 is 46.8. The van der Waals surface area contributed by atoms with Crippen molar-refractivity contribution in [2.24, 2.45) is 5.92 Å². The lowest BCUT2D eigenvalue weighted by Gasteiger charge is -2.32. The summed E-state index contributed by atoms with van der Waals surface area (Å²) in [6.07, 6.45) is 3.74. The number of nitriles is 1. The third-order valence-electron chi connectivity index (χ3n) is 9.05. The molecule has 3 aromatic heterocycles.